The van der Waals surface area contributed by atoms with Gasteiger partial charge < -0.3 is 10.1 Å². The van der Waals surface area contributed by atoms with Crippen molar-refractivity contribution in [2.45, 2.75) is 11.8 Å². The highest BCUT2D eigenvalue weighted by Gasteiger charge is 2.28. The Hall–Kier alpha value is -4.22. The van der Waals surface area contributed by atoms with E-state index >= 15 is 0 Å². The molecule has 184 valence electrons. The van der Waals surface area contributed by atoms with Crippen molar-refractivity contribution in [1.82, 2.24) is 3.97 Å². The predicted octanol–water partition coefficient (Wildman–Crippen LogP) is 4.87. The molecule has 0 bridgehead atoms. The summed E-state index contributed by atoms with van der Waals surface area (Å²) >= 11 is 6.07. The molecule has 0 saturated carbocycles. The zero-order valence-corrected chi connectivity index (χ0v) is 20.2. The van der Waals surface area contributed by atoms with E-state index in [-0.39, 0.29) is 34.0 Å². The number of nitro groups is 1. The molecule has 0 saturated heterocycles. The first kappa shape index (κ1) is 24.9. The normalized spacial score (nSPS) is 11.3. The zero-order valence-electron chi connectivity index (χ0n) is 18.7. The third-order valence-corrected chi connectivity index (χ3v) is 7.16. The van der Waals surface area contributed by atoms with Crippen LogP contribution in [0.5, 0.6) is 0 Å². The summed E-state index contributed by atoms with van der Waals surface area (Å²) in [6, 6.07) is 16.7. The lowest BCUT2D eigenvalue weighted by atomic mass is 10.1. The average molecular weight is 528 g/mol. The van der Waals surface area contributed by atoms with Gasteiger partial charge in [-0.15, -0.1) is 0 Å². The number of nitrogens with one attached hydrogen (secondary N) is 1. The Bertz CT molecular complexity index is 1620. The summed E-state index contributed by atoms with van der Waals surface area (Å²) in [5.74, 6) is -1.68. The van der Waals surface area contributed by atoms with Crippen LogP contribution in [0.4, 0.5) is 11.4 Å². The minimum Gasteiger partial charge on any atom is -0.462 e. The summed E-state index contributed by atoms with van der Waals surface area (Å²) in [6.45, 7) is 1.67. The number of hydrogen-bond acceptors (Lipinski definition) is 7. The number of fused-ring (bicyclic) bond motifs is 1. The number of aromatic nitrogens is 1. The van der Waals surface area contributed by atoms with Crippen molar-refractivity contribution in [3.05, 3.63) is 99.2 Å². The molecule has 4 rings (SSSR count). The molecule has 0 aliphatic carbocycles. The maximum atomic E-state index is 13.5. The first-order chi connectivity index (χ1) is 17.1. The molecule has 36 heavy (non-hydrogen) atoms. The SMILES string of the molecule is CCOC(=O)c1ccc(NC(=O)c2cc3cc(Cl)ccc3n2S(=O)(=O)c2ccccc2)c([N+](=O)[O-])c1. The molecule has 1 N–H and O–H groups in total. The number of amides is 1. The summed E-state index contributed by atoms with van der Waals surface area (Å²) in [7, 11) is -4.24. The van der Waals surface area contributed by atoms with Crippen LogP contribution in [0, 0.1) is 10.1 Å². The van der Waals surface area contributed by atoms with E-state index in [2.05, 4.69) is 5.32 Å². The molecular weight excluding hydrogens is 510 g/mol. The number of carbonyl (C=O) groups excluding carboxylic acids is 2. The van der Waals surface area contributed by atoms with E-state index in [1.165, 1.54) is 48.5 Å². The maximum absolute atomic E-state index is 13.5. The molecule has 12 heteroatoms. The molecule has 0 radical (unpaired) electrons. The van der Waals surface area contributed by atoms with Gasteiger partial charge in [-0.3, -0.25) is 14.9 Å². The molecule has 1 heterocycles. The molecule has 0 fully saturated rings. The molecular formula is C24H18ClN3O7S. The number of benzene rings is 3. The van der Waals surface area contributed by atoms with Gasteiger partial charge in [0.1, 0.15) is 11.4 Å². The molecule has 4 aromatic rings. The maximum Gasteiger partial charge on any atom is 0.338 e. The summed E-state index contributed by atoms with van der Waals surface area (Å²) in [5, 5.41) is 14.7. The largest absolute Gasteiger partial charge is 0.462 e. The van der Waals surface area contributed by atoms with E-state index in [1.807, 2.05) is 0 Å². The lowest BCUT2D eigenvalue weighted by Gasteiger charge is -2.13. The smallest absolute Gasteiger partial charge is 0.338 e. The standard InChI is InChI=1S/C24H18ClN3O7S/c1-2-35-24(30)15-8-10-19(21(13-15)28(31)32)26-23(29)22-14-16-12-17(25)9-11-20(16)27(22)36(33,34)18-6-4-3-5-7-18/h3-14H,2H2,1H3,(H,26,29). The van der Waals surface area contributed by atoms with Crippen molar-refractivity contribution in [2.24, 2.45) is 0 Å². The fraction of sp³-hybridized carbons (Fsp3) is 0.0833. The van der Waals surface area contributed by atoms with E-state index in [0.717, 1.165) is 10.0 Å². The second-order valence-corrected chi connectivity index (χ2v) is 9.70. The fourth-order valence-electron chi connectivity index (χ4n) is 3.59. The van der Waals surface area contributed by atoms with Gasteiger partial charge in [0.2, 0.25) is 0 Å². The van der Waals surface area contributed by atoms with E-state index in [0.29, 0.717) is 10.4 Å². The second kappa shape index (κ2) is 9.80. The van der Waals surface area contributed by atoms with Crippen LogP contribution in [0.3, 0.4) is 0 Å². The van der Waals surface area contributed by atoms with Gasteiger partial charge in [-0.2, -0.15) is 0 Å². The lowest BCUT2D eigenvalue weighted by Crippen LogP contribution is -2.22. The number of esters is 1. The van der Waals surface area contributed by atoms with Gasteiger partial charge in [0.05, 0.1) is 27.5 Å². The number of carbonyl (C=O) groups is 2. The van der Waals surface area contributed by atoms with Crippen LogP contribution >= 0.6 is 11.6 Å². The summed E-state index contributed by atoms with van der Waals surface area (Å²) in [5.41, 5.74) is -0.965. The molecule has 0 aliphatic rings. The lowest BCUT2D eigenvalue weighted by molar-refractivity contribution is -0.383. The zero-order chi connectivity index (χ0) is 26.0. The number of rotatable bonds is 7. The minimum atomic E-state index is -4.24. The Morgan fingerprint density at radius 3 is 2.44 bits per heavy atom. The molecule has 0 spiro atoms. The van der Waals surface area contributed by atoms with Crippen LogP contribution in [-0.2, 0) is 14.8 Å². The first-order valence-electron chi connectivity index (χ1n) is 10.5. The van der Waals surface area contributed by atoms with Crippen molar-refractivity contribution >= 4 is 55.8 Å². The summed E-state index contributed by atoms with van der Waals surface area (Å²) < 4.78 is 32.8. The van der Waals surface area contributed by atoms with Gasteiger partial charge in [-0.05, 0) is 55.5 Å². The van der Waals surface area contributed by atoms with Crippen molar-refractivity contribution < 1.29 is 27.7 Å². The van der Waals surface area contributed by atoms with Gasteiger partial charge in [-0.25, -0.2) is 17.2 Å². The monoisotopic (exact) mass is 527 g/mol. The molecule has 1 amide bonds. The van der Waals surface area contributed by atoms with Crippen molar-refractivity contribution in [3.63, 3.8) is 0 Å². The molecule has 0 aliphatic heterocycles. The van der Waals surface area contributed by atoms with Gasteiger partial charge >= 0.3 is 5.97 Å². The number of halogens is 1. The topological polar surface area (TPSA) is 138 Å². The van der Waals surface area contributed by atoms with Crippen LogP contribution in [-0.4, -0.2) is 35.8 Å². The molecule has 3 aromatic carbocycles. The van der Waals surface area contributed by atoms with Gasteiger partial charge in [0.15, 0.2) is 0 Å². The van der Waals surface area contributed by atoms with Gasteiger partial charge in [0, 0.05) is 16.5 Å². The Morgan fingerprint density at radius 2 is 1.78 bits per heavy atom. The van der Waals surface area contributed by atoms with Crippen molar-refractivity contribution in [2.75, 3.05) is 11.9 Å². The van der Waals surface area contributed by atoms with Crippen LogP contribution in [0.25, 0.3) is 10.9 Å². The number of nitro benzene ring substituents is 1. The van der Waals surface area contributed by atoms with Crippen LogP contribution in [0.1, 0.15) is 27.8 Å². The highest BCUT2D eigenvalue weighted by atomic mass is 35.5. The second-order valence-electron chi connectivity index (χ2n) is 7.48. The average Bonchev–Trinajstić information content (AvgIpc) is 3.24. The van der Waals surface area contributed by atoms with Crippen LogP contribution in [0.15, 0.2) is 77.7 Å². The first-order valence-corrected chi connectivity index (χ1v) is 12.3. The third-order valence-electron chi connectivity index (χ3n) is 5.19. The molecule has 10 nitrogen and oxygen atoms in total. The Morgan fingerprint density at radius 1 is 1.06 bits per heavy atom. The van der Waals surface area contributed by atoms with E-state index in [4.69, 9.17) is 16.3 Å². The quantitative estimate of drug-likeness (QED) is 0.205. The summed E-state index contributed by atoms with van der Waals surface area (Å²) in [4.78, 5) is 36.1. The summed E-state index contributed by atoms with van der Waals surface area (Å²) in [6.07, 6.45) is 0. The predicted molar refractivity (Wildman–Crippen MR) is 133 cm³/mol. The van der Waals surface area contributed by atoms with E-state index in [1.54, 1.807) is 25.1 Å². The van der Waals surface area contributed by atoms with Gasteiger partial charge in [-0.1, -0.05) is 29.8 Å². The Balaban J connectivity index is 1.83. The highest BCUT2D eigenvalue weighted by Crippen LogP contribution is 2.30. The highest BCUT2D eigenvalue weighted by molar-refractivity contribution is 7.90. The van der Waals surface area contributed by atoms with Gasteiger partial charge in [0.25, 0.3) is 21.6 Å². The van der Waals surface area contributed by atoms with Crippen LogP contribution in [0.2, 0.25) is 5.02 Å². The minimum absolute atomic E-state index is 0.0590. The molecule has 0 atom stereocenters. The number of anilines is 1. The van der Waals surface area contributed by atoms with Crippen molar-refractivity contribution in [3.8, 4) is 0 Å². The number of hydrogen-bond donors (Lipinski definition) is 1. The third kappa shape index (κ3) is 4.66. The number of nitrogens with zero attached hydrogens (tertiary/aromatic N) is 2. The fourth-order valence-corrected chi connectivity index (χ4v) is 5.30. The van der Waals surface area contributed by atoms with Crippen molar-refractivity contribution in [1.29, 1.82) is 0 Å². The van der Waals surface area contributed by atoms with Crippen LogP contribution < -0.4 is 5.32 Å². The molecule has 1 aromatic heterocycles. The van der Waals surface area contributed by atoms with E-state index < -0.39 is 32.5 Å². The molecule has 0 unspecified atom stereocenters. The number of ether oxygens (including phenoxy) is 1. The Labute approximate surface area is 210 Å². The Kier molecular flexibility index (Phi) is 6.77. The van der Waals surface area contributed by atoms with E-state index in [9.17, 15) is 28.1 Å².